The van der Waals surface area contributed by atoms with E-state index in [1.54, 1.807) is 7.11 Å². The Morgan fingerprint density at radius 3 is 1.58 bits per heavy atom. The predicted octanol–water partition coefficient (Wildman–Crippen LogP) is 6.75. The summed E-state index contributed by atoms with van der Waals surface area (Å²) < 4.78 is 10.1. The molecule has 138 valence electrons. The van der Waals surface area contributed by atoms with Crippen molar-refractivity contribution in [1.29, 1.82) is 0 Å². The summed E-state index contributed by atoms with van der Waals surface area (Å²) >= 11 is 0. The average Bonchev–Trinajstić information content (AvgIpc) is 2.51. The van der Waals surface area contributed by atoms with Crippen LogP contribution in [0.1, 0.15) is 73.1 Å². The molecular weight excluding hydrogens is 296 g/mol. The fraction of sp³-hybridized carbons (Fsp3) is 0.636. The zero-order chi connectivity index (χ0) is 18.2. The van der Waals surface area contributed by atoms with Crippen molar-refractivity contribution in [2.24, 2.45) is 0 Å². The molecule has 0 saturated carbocycles. The van der Waals surface area contributed by atoms with E-state index in [2.05, 4.69) is 58.9 Å². The first-order valence-electron chi connectivity index (χ1n) is 9.12. The summed E-state index contributed by atoms with van der Waals surface area (Å²) in [6.07, 6.45) is 16.1. The van der Waals surface area contributed by atoms with Gasteiger partial charge in [0.25, 0.3) is 0 Å². The second-order valence-corrected chi connectivity index (χ2v) is 6.83. The van der Waals surface area contributed by atoms with Crippen LogP contribution < -0.4 is 0 Å². The quantitative estimate of drug-likeness (QED) is 0.211. The Morgan fingerprint density at radius 1 is 0.667 bits per heavy atom. The first-order valence-corrected chi connectivity index (χ1v) is 9.12. The summed E-state index contributed by atoms with van der Waals surface area (Å²) in [4.78, 5) is 0. The molecule has 0 atom stereocenters. The average molecular weight is 335 g/mol. The largest absolute Gasteiger partial charge is 0.359 e. The van der Waals surface area contributed by atoms with E-state index in [0.717, 1.165) is 19.3 Å². The molecule has 0 heterocycles. The normalized spacial score (nSPS) is 13.3. The van der Waals surface area contributed by atoms with E-state index in [-0.39, 0.29) is 0 Å². The lowest BCUT2D eigenvalue weighted by Gasteiger charge is -2.03. The smallest absolute Gasteiger partial charge is 0.146 e. The highest BCUT2D eigenvalue weighted by molar-refractivity contribution is 5.07. The van der Waals surface area contributed by atoms with Gasteiger partial charge in [0.1, 0.15) is 6.79 Å². The number of ether oxygens (including phenoxy) is 2. The summed E-state index contributed by atoms with van der Waals surface area (Å²) in [5.74, 6) is 0. The van der Waals surface area contributed by atoms with Gasteiger partial charge in [0.05, 0.1) is 6.61 Å². The third-order valence-corrected chi connectivity index (χ3v) is 3.91. The highest BCUT2D eigenvalue weighted by Gasteiger charge is 1.93. The van der Waals surface area contributed by atoms with Crippen LogP contribution in [-0.2, 0) is 9.47 Å². The van der Waals surface area contributed by atoms with Crippen LogP contribution in [0, 0.1) is 0 Å². The molecule has 2 nitrogen and oxygen atoms in total. The van der Waals surface area contributed by atoms with Crippen LogP contribution in [0.4, 0.5) is 0 Å². The topological polar surface area (TPSA) is 18.5 Å². The van der Waals surface area contributed by atoms with Gasteiger partial charge in [-0.2, -0.15) is 0 Å². The van der Waals surface area contributed by atoms with E-state index in [1.165, 1.54) is 41.6 Å². The van der Waals surface area contributed by atoms with Gasteiger partial charge in [0, 0.05) is 7.11 Å². The molecule has 24 heavy (non-hydrogen) atoms. The maximum Gasteiger partial charge on any atom is 0.146 e. The van der Waals surface area contributed by atoms with Gasteiger partial charge >= 0.3 is 0 Å². The second kappa shape index (κ2) is 15.4. The Bertz CT molecular complexity index is 435. The number of hydrogen-bond acceptors (Lipinski definition) is 2. The lowest BCUT2D eigenvalue weighted by Crippen LogP contribution is -1.96. The third kappa shape index (κ3) is 15.8. The minimum absolute atomic E-state index is 0.365. The maximum atomic E-state index is 5.27. The molecule has 0 aromatic carbocycles. The molecule has 0 aliphatic rings. The van der Waals surface area contributed by atoms with Crippen molar-refractivity contribution < 1.29 is 9.47 Å². The minimum Gasteiger partial charge on any atom is -0.359 e. The molecule has 0 N–H and O–H groups in total. The third-order valence-electron chi connectivity index (χ3n) is 3.91. The summed E-state index contributed by atoms with van der Waals surface area (Å²) in [5, 5.41) is 0. The van der Waals surface area contributed by atoms with Crippen LogP contribution in [0.5, 0.6) is 0 Å². The Balaban J connectivity index is 3.92. The molecule has 0 bridgehead atoms. The van der Waals surface area contributed by atoms with E-state index >= 15 is 0 Å². The summed E-state index contributed by atoms with van der Waals surface area (Å²) in [6.45, 7) is 12.0. The van der Waals surface area contributed by atoms with Crippen LogP contribution in [0.3, 0.4) is 0 Å². The molecule has 0 aromatic heterocycles. The fourth-order valence-electron chi connectivity index (χ4n) is 2.32. The minimum atomic E-state index is 0.365. The molecular formula is C22H38O2. The zero-order valence-electron chi connectivity index (χ0n) is 16.8. The second-order valence-electron chi connectivity index (χ2n) is 6.83. The highest BCUT2D eigenvalue weighted by Crippen LogP contribution is 2.13. The van der Waals surface area contributed by atoms with Crippen molar-refractivity contribution >= 4 is 0 Å². The molecule has 0 fully saturated rings. The Labute approximate surface area is 150 Å². The van der Waals surface area contributed by atoms with Crippen LogP contribution in [0.25, 0.3) is 0 Å². The predicted molar refractivity (Wildman–Crippen MR) is 106 cm³/mol. The number of allylic oxidation sites excluding steroid dienone is 7. The number of methoxy groups -OCH3 is 1. The van der Waals surface area contributed by atoms with Gasteiger partial charge in [-0.05, 0) is 73.1 Å². The molecule has 0 unspecified atom stereocenters. The maximum absolute atomic E-state index is 5.27. The molecule has 2 heteroatoms. The molecule has 0 aromatic rings. The van der Waals surface area contributed by atoms with Crippen molar-refractivity contribution in [3.8, 4) is 0 Å². The van der Waals surface area contributed by atoms with E-state index in [4.69, 9.17) is 9.47 Å². The van der Waals surface area contributed by atoms with E-state index in [0.29, 0.717) is 13.4 Å². The van der Waals surface area contributed by atoms with Crippen LogP contribution in [-0.4, -0.2) is 20.5 Å². The lowest BCUT2D eigenvalue weighted by molar-refractivity contribution is -0.0188. The summed E-state index contributed by atoms with van der Waals surface area (Å²) in [5.41, 5.74) is 5.79. The van der Waals surface area contributed by atoms with Gasteiger partial charge in [0.15, 0.2) is 0 Å². The van der Waals surface area contributed by atoms with Gasteiger partial charge in [0.2, 0.25) is 0 Å². The molecule has 0 amide bonds. The van der Waals surface area contributed by atoms with Gasteiger partial charge in [-0.15, -0.1) is 0 Å². The molecule has 0 radical (unpaired) electrons. The van der Waals surface area contributed by atoms with E-state index in [1.807, 2.05) is 0 Å². The molecule has 0 rings (SSSR count). The Morgan fingerprint density at radius 2 is 1.12 bits per heavy atom. The zero-order valence-corrected chi connectivity index (χ0v) is 16.8. The fourth-order valence-corrected chi connectivity index (χ4v) is 2.32. The number of rotatable bonds is 13. The monoisotopic (exact) mass is 334 g/mol. The van der Waals surface area contributed by atoms with Gasteiger partial charge in [-0.1, -0.05) is 46.6 Å². The molecule has 0 aliphatic heterocycles. The van der Waals surface area contributed by atoms with Crippen LogP contribution in [0.15, 0.2) is 46.6 Å². The van der Waals surface area contributed by atoms with Crippen molar-refractivity contribution in [2.75, 3.05) is 20.5 Å². The van der Waals surface area contributed by atoms with Crippen molar-refractivity contribution in [1.82, 2.24) is 0 Å². The van der Waals surface area contributed by atoms with Crippen LogP contribution in [0.2, 0.25) is 0 Å². The van der Waals surface area contributed by atoms with Crippen LogP contribution >= 0.6 is 0 Å². The van der Waals surface area contributed by atoms with Gasteiger partial charge in [-0.3, -0.25) is 0 Å². The Kier molecular flexibility index (Phi) is 14.7. The standard InChI is InChI=1S/C22H38O2/c1-19(2)10-7-11-20(3)12-8-13-21(4)14-9-15-22(5)16-17-24-18-23-6/h10,12,14,16H,7-9,11,13,15,17-18H2,1-6H3. The SMILES string of the molecule is COCOCC=C(C)CCC=C(C)CCC=C(C)CCC=C(C)C. The van der Waals surface area contributed by atoms with Crippen molar-refractivity contribution in [3.05, 3.63) is 46.6 Å². The summed E-state index contributed by atoms with van der Waals surface area (Å²) in [7, 11) is 1.64. The summed E-state index contributed by atoms with van der Waals surface area (Å²) in [6, 6.07) is 0. The van der Waals surface area contributed by atoms with E-state index in [9.17, 15) is 0 Å². The van der Waals surface area contributed by atoms with Crippen molar-refractivity contribution in [3.63, 3.8) is 0 Å². The van der Waals surface area contributed by atoms with Crippen molar-refractivity contribution in [2.45, 2.75) is 73.1 Å². The number of hydrogen-bond donors (Lipinski definition) is 0. The Hall–Kier alpha value is -1.12. The highest BCUT2D eigenvalue weighted by atomic mass is 16.7. The van der Waals surface area contributed by atoms with Gasteiger partial charge < -0.3 is 9.47 Å². The molecule has 0 aliphatic carbocycles. The molecule has 0 spiro atoms. The van der Waals surface area contributed by atoms with Gasteiger partial charge in [-0.25, -0.2) is 0 Å². The van der Waals surface area contributed by atoms with E-state index < -0.39 is 0 Å². The molecule has 0 saturated heterocycles. The first kappa shape index (κ1) is 22.9. The first-order chi connectivity index (χ1) is 11.5. The lowest BCUT2D eigenvalue weighted by atomic mass is 10.0.